The lowest BCUT2D eigenvalue weighted by Gasteiger charge is -2.11. The van der Waals surface area contributed by atoms with Crippen molar-refractivity contribution in [2.45, 2.75) is 0 Å². The minimum Gasteiger partial charge on any atom is -0.496 e. The number of rotatable bonds is 9. The summed E-state index contributed by atoms with van der Waals surface area (Å²) in [5.41, 5.74) is 4.54. The van der Waals surface area contributed by atoms with E-state index in [1.165, 1.54) is 19.5 Å². The van der Waals surface area contributed by atoms with Crippen molar-refractivity contribution >= 4 is 18.1 Å². The van der Waals surface area contributed by atoms with Crippen LogP contribution in [-0.4, -0.2) is 53.3 Å². The van der Waals surface area contributed by atoms with Gasteiger partial charge in [0.15, 0.2) is 18.1 Å². The van der Waals surface area contributed by atoms with Crippen LogP contribution in [0.5, 0.6) is 17.2 Å². The summed E-state index contributed by atoms with van der Waals surface area (Å²) >= 11 is 0. The maximum Gasteiger partial charge on any atom is 0.341 e. The van der Waals surface area contributed by atoms with E-state index >= 15 is 0 Å². The van der Waals surface area contributed by atoms with Crippen molar-refractivity contribution < 1.29 is 24.1 Å². The Morgan fingerprint density at radius 2 is 1.90 bits per heavy atom. The molecule has 0 fully saturated rings. The number of aliphatic carboxylic acids is 1. The summed E-state index contributed by atoms with van der Waals surface area (Å²) in [5.74, 6) is 0.371. The Morgan fingerprint density at radius 3 is 2.67 bits per heavy atom. The summed E-state index contributed by atoms with van der Waals surface area (Å²) in [6, 6.07) is 12.5. The monoisotopic (exact) mass is 409 g/mol. The van der Waals surface area contributed by atoms with Crippen LogP contribution in [0.1, 0.15) is 5.56 Å². The van der Waals surface area contributed by atoms with Gasteiger partial charge in [-0.3, -0.25) is 0 Å². The number of nitrogens with zero attached hydrogens (tertiary/aromatic N) is 4. The number of carbonyl (C=O) groups is 1. The number of hydrazone groups is 1. The molecule has 0 unspecified atom stereocenters. The predicted molar refractivity (Wildman–Crippen MR) is 109 cm³/mol. The van der Waals surface area contributed by atoms with Gasteiger partial charge in [-0.2, -0.15) is 10.2 Å². The van der Waals surface area contributed by atoms with Crippen LogP contribution in [0.3, 0.4) is 0 Å². The third kappa shape index (κ3) is 4.98. The van der Waals surface area contributed by atoms with Gasteiger partial charge in [-0.25, -0.2) is 15.2 Å². The molecule has 30 heavy (non-hydrogen) atoms. The van der Waals surface area contributed by atoms with Crippen molar-refractivity contribution in [2.75, 3.05) is 26.3 Å². The van der Waals surface area contributed by atoms with Crippen LogP contribution in [0.4, 0.5) is 5.95 Å². The number of anilines is 1. The quantitative estimate of drug-likeness (QED) is 0.404. The van der Waals surface area contributed by atoms with Crippen LogP contribution in [0, 0.1) is 0 Å². The summed E-state index contributed by atoms with van der Waals surface area (Å²) in [6.07, 6.45) is 2.96. The minimum atomic E-state index is -1.10. The second-order valence-electron chi connectivity index (χ2n) is 5.80. The number of hydrogen-bond donors (Lipinski definition) is 2. The van der Waals surface area contributed by atoms with Crippen LogP contribution in [0.2, 0.25) is 0 Å². The van der Waals surface area contributed by atoms with Gasteiger partial charge in [0.05, 0.1) is 32.3 Å². The van der Waals surface area contributed by atoms with E-state index in [0.717, 1.165) is 5.56 Å². The largest absolute Gasteiger partial charge is 0.496 e. The number of ether oxygens (including phenoxy) is 3. The van der Waals surface area contributed by atoms with E-state index in [0.29, 0.717) is 22.8 Å². The number of carboxylic acids is 1. The predicted octanol–water partition coefficient (Wildman–Crippen LogP) is 2.47. The lowest BCUT2D eigenvalue weighted by Crippen LogP contribution is -2.11. The van der Waals surface area contributed by atoms with E-state index in [2.05, 4.69) is 25.7 Å². The molecular formula is C20H19N5O5. The van der Waals surface area contributed by atoms with Crippen molar-refractivity contribution in [3.05, 3.63) is 54.2 Å². The van der Waals surface area contributed by atoms with Crippen LogP contribution < -0.4 is 19.6 Å². The zero-order valence-electron chi connectivity index (χ0n) is 16.3. The molecule has 154 valence electrons. The lowest BCUT2D eigenvalue weighted by molar-refractivity contribution is -0.139. The molecule has 2 N–H and O–H groups in total. The van der Waals surface area contributed by atoms with Gasteiger partial charge in [-0.15, -0.1) is 5.10 Å². The smallest absolute Gasteiger partial charge is 0.341 e. The first-order valence-electron chi connectivity index (χ1n) is 8.76. The van der Waals surface area contributed by atoms with Crippen molar-refractivity contribution in [3.63, 3.8) is 0 Å². The van der Waals surface area contributed by atoms with Crippen molar-refractivity contribution in [3.8, 4) is 28.5 Å². The third-order valence-corrected chi connectivity index (χ3v) is 3.88. The van der Waals surface area contributed by atoms with E-state index in [4.69, 9.17) is 19.3 Å². The molecule has 0 aliphatic heterocycles. The molecule has 0 radical (unpaired) electrons. The van der Waals surface area contributed by atoms with Gasteiger partial charge in [0.25, 0.3) is 5.95 Å². The highest BCUT2D eigenvalue weighted by atomic mass is 16.5. The summed E-state index contributed by atoms with van der Waals surface area (Å²) in [5, 5.41) is 20.8. The number of hydrogen-bond acceptors (Lipinski definition) is 9. The molecule has 0 atom stereocenters. The Balaban J connectivity index is 1.80. The molecule has 0 saturated heterocycles. The third-order valence-electron chi connectivity index (χ3n) is 3.88. The highest BCUT2D eigenvalue weighted by molar-refractivity contribution is 5.85. The molecule has 1 aromatic heterocycles. The number of carboxylic acid groups (broad SMARTS) is 1. The Morgan fingerprint density at radius 1 is 1.13 bits per heavy atom. The second kappa shape index (κ2) is 9.82. The maximum atomic E-state index is 10.8. The number of benzene rings is 2. The molecule has 2 aromatic carbocycles. The zero-order chi connectivity index (χ0) is 21.3. The van der Waals surface area contributed by atoms with Crippen molar-refractivity contribution in [1.82, 2.24) is 15.2 Å². The van der Waals surface area contributed by atoms with Gasteiger partial charge in [0.2, 0.25) is 0 Å². The molecule has 0 saturated carbocycles. The summed E-state index contributed by atoms with van der Waals surface area (Å²) in [6.45, 7) is -0.511. The molecule has 10 nitrogen and oxygen atoms in total. The Labute approximate surface area is 172 Å². The normalized spacial score (nSPS) is 10.6. The van der Waals surface area contributed by atoms with Gasteiger partial charge < -0.3 is 19.3 Å². The van der Waals surface area contributed by atoms with E-state index in [1.54, 1.807) is 25.3 Å². The van der Waals surface area contributed by atoms with Gasteiger partial charge in [0, 0.05) is 11.1 Å². The number of methoxy groups -OCH3 is 2. The van der Waals surface area contributed by atoms with Crippen molar-refractivity contribution in [1.29, 1.82) is 0 Å². The summed E-state index contributed by atoms with van der Waals surface area (Å²) < 4.78 is 15.9. The van der Waals surface area contributed by atoms with Gasteiger partial charge in [-0.05, 0) is 24.3 Å². The van der Waals surface area contributed by atoms with Crippen molar-refractivity contribution in [2.24, 2.45) is 5.10 Å². The second-order valence-corrected chi connectivity index (χ2v) is 5.80. The molecule has 10 heteroatoms. The first kappa shape index (κ1) is 20.5. The topological polar surface area (TPSA) is 128 Å². The first-order chi connectivity index (χ1) is 14.6. The molecule has 0 amide bonds. The van der Waals surface area contributed by atoms with Gasteiger partial charge in [0.1, 0.15) is 5.75 Å². The number of nitrogens with one attached hydrogen (secondary N) is 1. The van der Waals surface area contributed by atoms with Crippen LogP contribution in [0.15, 0.2) is 53.8 Å². The summed E-state index contributed by atoms with van der Waals surface area (Å²) in [7, 11) is 3.04. The average molecular weight is 409 g/mol. The fourth-order valence-electron chi connectivity index (χ4n) is 2.58. The molecule has 1 heterocycles. The van der Waals surface area contributed by atoms with E-state index in [9.17, 15) is 4.79 Å². The molecule has 3 rings (SSSR count). The molecule has 3 aromatic rings. The fourth-order valence-corrected chi connectivity index (χ4v) is 2.58. The first-order valence-corrected chi connectivity index (χ1v) is 8.76. The fraction of sp³-hybridized carbons (Fsp3) is 0.150. The minimum absolute atomic E-state index is 0.172. The molecule has 0 spiro atoms. The standard InChI is InChI=1S/C20H19N5O5/c1-28-16-8-4-3-7-14(16)15-11-22-25-20(23-15)24-21-10-13-6-5-9-17(29-2)19(13)30-12-18(26)27/h3-11H,12H2,1-2H3,(H,26,27)(H,23,24,25)/b21-10-. The molecule has 0 aliphatic carbocycles. The van der Waals surface area contributed by atoms with Crippen LogP contribution >= 0.6 is 0 Å². The summed E-state index contributed by atoms with van der Waals surface area (Å²) in [4.78, 5) is 15.2. The highest BCUT2D eigenvalue weighted by Crippen LogP contribution is 2.30. The lowest BCUT2D eigenvalue weighted by atomic mass is 10.1. The average Bonchev–Trinajstić information content (AvgIpc) is 2.78. The number of aromatic nitrogens is 3. The molecular weight excluding hydrogens is 390 g/mol. The highest BCUT2D eigenvalue weighted by Gasteiger charge is 2.11. The van der Waals surface area contributed by atoms with Gasteiger partial charge >= 0.3 is 5.97 Å². The van der Waals surface area contributed by atoms with Crippen LogP contribution in [-0.2, 0) is 4.79 Å². The van der Waals surface area contributed by atoms with Gasteiger partial charge in [-0.1, -0.05) is 18.2 Å². The van der Waals surface area contributed by atoms with E-state index in [1.807, 2.05) is 24.3 Å². The van der Waals surface area contributed by atoms with E-state index in [-0.39, 0.29) is 11.7 Å². The zero-order valence-corrected chi connectivity index (χ0v) is 16.3. The Bertz CT molecular complexity index is 1060. The van der Waals surface area contributed by atoms with Crippen LogP contribution in [0.25, 0.3) is 11.3 Å². The Kier molecular flexibility index (Phi) is 6.72. The number of para-hydroxylation sites is 2. The molecule has 0 bridgehead atoms. The Hall–Kier alpha value is -4.21. The SMILES string of the molecule is COc1ccccc1-c1cnnc(N/N=C\c2cccc(OC)c2OCC(=O)O)n1. The molecule has 0 aliphatic rings. The van der Waals surface area contributed by atoms with E-state index < -0.39 is 12.6 Å². The maximum absolute atomic E-state index is 10.8.